The first-order valence-electron chi connectivity index (χ1n) is 11.4. The van der Waals surface area contributed by atoms with Gasteiger partial charge in [-0.2, -0.15) is 0 Å². The molecule has 3 aliphatic rings. The van der Waals surface area contributed by atoms with Crippen LogP contribution in [0.5, 0.6) is 0 Å². The fraction of sp³-hybridized carbons (Fsp3) is 0.667. The van der Waals surface area contributed by atoms with E-state index in [1.807, 2.05) is 11.6 Å². The van der Waals surface area contributed by atoms with Crippen molar-refractivity contribution >= 4 is 34.1 Å². The Labute approximate surface area is 185 Å². The summed E-state index contributed by atoms with van der Waals surface area (Å²) in [6, 6.07) is 0.0798. The minimum Gasteiger partial charge on any atom is -0.353 e. The predicted molar refractivity (Wildman–Crippen MR) is 118 cm³/mol. The predicted octanol–water partition coefficient (Wildman–Crippen LogP) is 2.77. The van der Waals surface area contributed by atoms with E-state index in [-0.39, 0.29) is 17.9 Å². The summed E-state index contributed by atoms with van der Waals surface area (Å²) >= 11 is 1.56. The fourth-order valence-corrected chi connectivity index (χ4v) is 5.48. The second-order valence-corrected chi connectivity index (χ2v) is 10.0. The van der Waals surface area contributed by atoms with Crippen LogP contribution in [0.15, 0.2) is 0 Å². The van der Waals surface area contributed by atoms with Gasteiger partial charge >= 0.3 is 0 Å². The van der Waals surface area contributed by atoms with Crippen molar-refractivity contribution < 1.29 is 9.59 Å². The van der Waals surface area contributed by atoms with Crippen LogP contribution < -0.4 is 16.0 Å². The number of fused-ring (bicyclic) bond motifs is 1. The molecule has 0 bridgehead atoms. The number of nitrogens with zero attached hydrogens (tertiary/aromatic N) is 4. The first kappa shape index (κ1) is 20.4. The van der Waals surface area contributed by atoms with E-state index < -0.39 is 0 Å². The molecule has 2 amide bonds. The van der Waals surface area contributed by atoms with Gasteiger partial charge in [0.05, 0.1) is 11.6 Å². The number of tetrazole rings is 1. The molecule has 2 aromatic heterocycles. The van der Waals surface area contributed by atoms with Gasteiger partial charge in [0.2, 0.25) is 11.9 Å². The molecular weight excluding hydrogens is 414 g/mol. The fourth-order valence-electron chi connectivity index (χ4n) is 4.23. The molecule has 2 aromatic rings. The van der Waals surface area contributed by atoms with Gasteiger partial charge in [0.15, 0.2) is 0 Å². The van der Waals surface area contributed by atoms with E-state index in [2.05, 4.69) is 31.5 Å². The monoisotopic (exact) mass is 443 g/mol. The lowest BCUT2D eigenvalue weighted by Gasteiger charge is -2.23. The van der Waals surface area contributed by atoms with Gasteiger partial charge in [-0.3, -0.25) is 9.59 Å². The third-order valence-electron chi connectivity index (χ3n) is 6.31. The van der Waals surface area contributed by atoms with Crippen LogP contribution in [0.1, 0.15) is 72.3 Å². The van der Waals surface area contributed by atoms with Gasteiger partial charge < -0.3 is 16.0 Å². The highest BCUT2D eigenvalue weighted by Gasteiger charge is 2.33. The lowest BCUT2D eigenvalue weighted by molar-refractivity contribution is -0.116. The number of aromatic nitrogens is 4. The Hall–Kier alpha value is -2.49. The number of rotatable bonds is 9. The van der Waals surface area contributed by atoms with Gasteiger partial charge in [-0.05, 0) is 79.7 Å². The number of amides is 2. The molecule has 1 unspecified atom stereocenters. The van der Waals surface area contributed by atoms with Gasteiger partial charge in [-0.1, -0.05) is 5.10 Å². The molecule has 166 valence electrons. The Bertz CT molecular complexity index is 977. The van der Waals surface area contributed by atoms with Crippen molar-refractivity contribution in [2.75, 3.05) is 23.7 Å². The van der Waals surface area contributed by atoms with Gasteiger partial charge in [0.1, 0.15) is 5.00 Å². The molecule has 5 rings (SSSR count). The number of thiophene rings is 1. The molecule has 0 aliphatic heterocycles. The molecule has 0 spiro atoms. The summed E-state index contributed by atoms with van der Waals surface area (Å²) in [5.41, 5.74) is 1.68. The van der Waals surface area contributed by atoms with Crippen LogP contribution in [0.4, 0.5) is 10.9 Å². The third kappa shape index (κ3) is 4.58. The molecule has 9 nitrogen and oxygen atoms in total. The standard InChI is InChI=1S/C21H29N7O2S/c1-2-22-21-25-26-27-28(21)14-7-8-16-15(10-14)18(19(30)23-11-13-5-6-13)20(31-16)24-17(29)9-12-3-4-12/h12-14H,2-11H2,1H3,(H,23,30)(H,24,29)(H,22,25,27). The van der Waals surface area contributed by atoms with E-state index in [0.717, 1.165) is 37.8 Å². The number of hydrogen-bond acceptors (Lipinski definition) is 7. The van der Waals surface area contributed by atoms with Crippen LogP contribution in [-0.2, 0) is 17.6 Å². The maximum absolute atomic E-state index is 13.2. The first-order valence-corrected chi connectivity index (χ1v) is 12.2. The van der Waals surface area contributed by atoms with Gasteiger partial charge in [0.25, 0.3) is 5.91 Å². The van der Waals surface area contributed by atoms with Crippen molar-refractivity contribution in [3.63, 3.8) is 0 Å². The normalized spacial score (nSPS) is 20.2. The number of anilines is 2. The summed E-state index contributed by atoms with van der Waals surface area (Å²) in [5.74, 6) is 1.71. The molecule has 2 heterocycles. The molecule has 31 heavy (non-hydrogen) atoms. The molecule has 0 aromatic carbocycles. The molecule has 1 atom stereocenters. The molecule has 0 saturated heterocycles. The van der Waals surface area contributed by atoms with Crippen molar-refractivity contribution in [1.82, 2.24) is 25.5 Å². The minimum atomic E-state index is -0.0737. The van der Waals surface area contributed by atoms with Crippen LogP contribution in [0.25, 0.3) is 0 Å². The Morgan fingerprint density at radius 2 is 1.97 bits per heavy atom. The quantitative estimate of drug-likeness (QED) is 0.549. The zero-order valence-corrected chi connectivity index (χ0v) is 18.6. The zero-order chi connectivity index (χ0) is 21.4. The van der Waals surface area contributed by atoms with E-state index in [4.69, 9.17) is 0 Å². The molecular formula is C21H29N7O2S. The maximum Gasteiger partial charge on any atom is 0.254 e. The average Bonchev–Trinajstić information content (AvgIpc) is 3.67. The second-order valence-electron chi connectivity index (χ2n) is 8.93. The van der Waals surface area contributed by atoms with Crippen molar-refractivity contribution in [1.29, 1.82) is 0 Å². The highest BCUT2D eigenvalue weighted by atomic mass is 32.1. The molecule has 2 saturated carbocycles. The molecule has 3 N–H and O–H groups in total. The summed E-state index contributed by atoms with van der Waals surface area (Å²) in [6.07, 6.45) is 7.59. The van der Waals surface area contributed by atoms with Crippen molar-refractivity contribution in [3.8, 4) is 0 Å². The first-order chi connectivity index (χ1) is 15.1. The van der Waals surface area contributed by atoms with Gasteiger partial charge in [-0.25, -0.2) is 4.68 Å². The van der Waals surface area contributed by atoms with Crippen LogP contribution in [0, 0.1) is 11.8 Å². The van der Waals surface area contributed by atoms with E-state index in [1.54, 1.807) is 11.3 Å². The maximum atomic E-state index is 13.2. The van der Waals surface area contributed by atoms with Crippen molar-refractivity contribution in [2.45, 2.75) is 64.3 Å². The molecule has 2 fully saturated rings. The minimum absolute atomic E-state index is 0.0174. The molecule has 3 aliphatic carbocycles. The lowest BCUT2D eigenvalue weighted by atomic mass is 9.91. The number of aryl methyl sites for hydroxylation is 1. The summed E-state index contributed by atoms with van der Waals surface area (Å²) in [7, 11) is 0. The van der Waals surface area contributed by atoms with Crippen LogP contribution >= 0.6 is 11.3 Å². The Morgan fingerprint density at radius 1 is 1.16 bits per heavy atom. The zero-order valence-electron chi connectivity index (χ0n) is 17.8. The Kier molecular flexibility index (Phi) is 5.64. The number of carbonyl (C=O) groups is 2. The number of carbonyl (C=O) groups excluding carboxylic acids is 2. The van der Waals surface area contributed by atoms with Crippen LogP contribution in [0.3, 0.4) is 0 Å². The highest BCUT2D eigenvalue weighted by molar-refractivity contribution is 7.17. The summed E-state index contributed by atoms with van der Waals surface area (Å²) in [6.45, 7) is 3.46. The van der Waals surface area contributed by atoms with Gasteiger partial charge in [0, 0.05) is 24.4 Å². The lowest BCUT2D eigenvalue weighted by Crippen LogP contribution is -2.29. The van der Waals surface area contributed by atoms with E-state index in [0.29, 0.717) is 47.7 Å². The van der Waals surface area contributed by atoms with Crippen molar-refractivity contribution in [3.05, 3.63) is 16.0 Å². The van der Waals surface area contributed by atoms with E-state index >= 15 is 0 Å². The number of nitrogens with one attached hydrogen (secondary N) is 3. The SMILES string of the molecule is CCNc1nnnn1C1CCc2sc(NC(=O)CC3CC3)c(C(=O)NCC3CC3)c2C1. The van der Waals surface area contributed by atoms with Crippen LogP contribution in [0.2, 0.25) is 0 Å². The van der Waals surface area contributed by atoms with E-state index in [1.165, 1.54) is 17.7 Å². The Balaban J connectivity index is 1.40. The summed E-state index contributed by atoms with van der Waals surface area (Å²) in [5, 5.41) is 22.2. The molecule has 0 radical (unpaired) electrons. The largest absolute Gasteiger partial charge is 0.353 e. The third-order valence-corrected chi connectivity index (χ3v) is 7.52. The van der Waals surface area contributed by atoms with Crippen molar-refractivity contribution in [2.24, 2.45) is 11.8 Å². The topological polar surface area (TPSA) is 114 Å². The van der Waals surface area contributed by atoms with Gasteiger partial charge in [-0.15, -0.1) is 11.3 Å². The Morgan fingerprint density at radius 3 is 2.71 bits per heavy atom. The molecule has 10 heteroatoms. The highest BCUT2D eigenvalue weighted by Crippen LogP contribution is 2.42. The summed E-state index contributed by atoms with van der Waals surface area (Å²) in [4.78, 5) is 26.9. The smallest absolute Gasteiger partial charge is 0.254 e. The average molecular weight is 444 g/mol. The van der Waals surface area contributed by atoms with E-state index in [9.17, 15) is 9.59 Å². The number of hydrogen-bond donors (Lipinski definition) is 3. The van der Waals surface area contributed by atoms with Crippen LogP contribution in [-0.4, -0.2) is 45.1 Å². The summed E-state index contributed by atoms with van der Waals surface area (Å²) < 4.78 is 1.83. The second kappa shape index (κ2) is 8.57.